The first-order valence-electron chi connectivity index (χ1n) is 10.8. The van der Waals surface area contributed by atoms with Crippen LogP contribution in [0.4, 0.5) is 0 Å². The molecule has 1 amide bonds. The van der Waals surface area contributed by atoms with Crippen LogP contribution in [0.25, 0.3) is 22.6 Å². The van der Waals surface area contributed by atoms with Crippen LogP contribution < -0.4 is 4.74 Å². The standard InChI is InChI=1S/C24H24N6O3/c1-32-19-9-7-18(8-10-19)23-25-22(33-28-23)16-29-11-13-30(14-12-29)24(31)21-15-20(26-27-21)17-5-3-2-4-6-17/h2-10,15H,11-14,16H2,1H3,(H,26,27). The molecule has 9 heteroatoms. The summed E-state index contributed by atoms with van der Waals surface area (Å²) < 4.78 is 10.6. The highest BCUT2D eigenvalue weighted by atomic mass is 16.5. The molecule has 1 fully saturated rings. The van der Waals surface area contributed by atoms with Crippen molar-refractivity contribution in [1.29, 1.82) is 0 Å². The minimum Gasteiger partial charge on any atom is -0.497 e. The molecular weight excluding hydrogens is 420 g/mol. The van der Waals surface area contributed by atoms with Crippen LogP contribution in [0.5, 0.6) is 5.75 Å². The number of carbonyl (C=O) groups is 1. The van der Waals surface area contributed by atoms with Gasteiger partial charge in [-0.3, -0.25) is 14.8 Å². The summed E-state index contributed by atoms with van der Waals surface area (Å²) in [6.45, 7) is 3.25. The van der Waals surface area contributed by atoms with Crippen molar-refractivity contribution in [3.05, 3.63) is 72.2 Å². The Morgan fingerprint density at radius 3 is 2.52 bits per heavy atom. The van der Waals surface area contributed by atoms with Crippen LogP contribution >= 0.6 is 0 Å². The van der Waals surface area contributed by atoms with E-state index in [0.29, 0.717) is 37.0 Å². The molecule has 0 saturated carbocycles. The molecule has 33 heavy (non-hydrogen) atoms. The van der Waals surface area contributed by atoms with Gasteiger partial charge in [-0.05, 0) is 30.3 Å². The summed E-state index contributed by atoms with van der Waals surface area (Å²) in [6.07, 6.45) is 0. The van der Waals surface area contributed by atoms with E-state index in [-0.39, 0.29) is 5.91 Å². The van der Waals surface area contributed by atoms with Crippen LogP contribution in [0.1, 0.15) is 16.4 Å². The maximum Gasteiger partial charge on any atom is 0.271 e. The molecule has 168 valence electrons. The third-order valence-electron chi connectivity index (χ3n) is 5.71. The summed E-state index contributed by atoms with van der Waals surface area (Å²) >= 11 is 0. The number of ether oxygens (including phenoxy) is 1. The zero-order valence-electron chi connectivity index (χ0n) is 18.3. The SMILES string of the molecule is COc1ccc(-c2noc(CN3CCN(C(=O)c4cc(-c5ccccc5)n[nH]4)CC3)n2)cc1. The molecule has 0 unspecified atom stereocenters. The van der Waals surface area contributed by atoms with E-state index in [9.17, 15) is 4.79 Å². The highest BCUT2D eigenvalue weighted by Gasteiger charge is 2.25. The Morgan fingerprint density at radius 1 is 1.03 bits per heavy atom. The van der Waals surface area contributed by atoms with Gasteiger partial charge in [0.1, 0.15) is 11.4 Å². The van der Waals surface area contributed by atoms with Gasteiger partial charge in [-0.2, -0.15) is 10.1 Å². The summed E-state index contributed by atoms with van der Waals surface area (Å²) in [5, 5.41) is 11.3. The third-order valence-corrected chi connectivity index (χ3v) is 5.71. The number of hydrogen-bond acceptors (Lipinski definition) is 7. The molecule has 0 radical (unpaired) electrons. The second kappa shape index (κ2) is 9.25. The number of piperazine rings is 1. The molecule has 0 atom stereocenters. The lowest BCUT2D eigenvalue weighted by molar-refractivity contribution is 0.0609. The molecule has 4 aromatic rings. The van der Waals surface area contributed by atoms with E-state index in [1.165, 1.54) is 0 Å². The Hall–Kier alpha value is -3.98. The maximum atomic E-state index is 12.9. The number of nitrogens with one attached hydrogen (secondary N) is 1. The lowest BCUT2D eigenvalue weighted by Crippen LogP contribution is -2.48. The third kappa shape index (κ3) is 4.63. The number of rotatable bonds is 6. The molecule has 1 aliphatic heterocycles. The Morgan fingerprint density at radius 2 is 1.79 bits per heavy atom. The molecule has 1 N–H and O–H groups in total. The van der Waals surface area contributed by atoms with Gasteiger partial charge in [-0.15, -0.1) is 0 Å². The van der Waals surface area contributed by atoms with E-state index in [1.54, 1.807) is 7.11 Å². The monoisotopic (exact) mass is 444 g/mol. The molecule has 2 aromatic carbocycles. The second-order valence-electron chi connectivity index (χ2n) is 7.84. The van der Waals surface area contributed by atoms with Crippen molar-refractivity contribution in [3.63, 3.8) is 0 Å². The fourth-order valence-corrected chi connectivity index (χ4v) is 3.84. The van der Waals surface area contributed by atoms with E-state index in [4.69, 9.17) is 9.26 Å². The van der Waals surface area contributed by atoms with Gasteiger partial charge >= 0.3 is 0 Å². The predicted molar refractivity (Wildman–Crippen MR) is 121 cm³/mol. The number of hydrogen-bond donors (Lipinski definition) is 1. The van der Waals surface area contributed by atoms with Gasteiger partial charge in [-0.1, -0.05) is 35.5 Å². The van der Waals surface area contributed by atoms with Crippen molar-refractivity contribution in [2.24, 2.45) is 0 Å². The first kappa shape index (κ1) is 20.9. The Kier molecular flexibility index (Phi) is 5.86. The molecule has 1 aliphatic rings. The van der Waals surface area contributed by atoms with Gasteiger partial charge in [0.25, 0.3) is 5.91 Å². The maximum absolute atomic E-state index is 12.9. The van der Waals surface area contributed by atoms with Crippen molar-refractivity contribution >= 4 is 5.91 Å². The van der Waals surface area contributed by atoms with E-state index >= 15 is 0 Å². The van der Waals surface area contributed by atoms with Gasteiger partial charge in [0, 0.05) is 37.3 Å². The van der Waals surface area contributed by atoms with Crippen molar-refractivity contribution in [3.8, 4) is 28.4 Å². The number of methoxy groups -OCH3 is 1. The number of nitrogens with zero attached hydrogens (tertiary/aromatic N) is 5. The zero-order valence-corrected chi connectivity index (χ0v) is 18.3. The smallest absolute Gasteiger partial charge is 0.271 e. The molecule has 2 aromatic heterocycles. The van der Waals surface area contributed by atoms with Crippen molar-refractivity contribution < 1.29 is 14.1 Å². The second-order valence-corrected chi connectivity index (χ2v) is 7.84. The van der Waals surface area contributed by atoms with Gasteiger partial charge in [-0.25, -0.2) is 0 Å². The van der Waals surface area contributed by atoms with E-state index in [2.05, 4.69) is 25.2 Å². The highest BCUT2D eigenvalue weighted by molar-refractivity contribution is 5.93. The highest BCUT2D eigenvalue weighted by Crippen LogP contribution is 2.21. The molecule has 0 bridgehead atoms. The summed E-state index contributed by atoms with van der Waals surface area (Å²) in [5.41, 5.74) is 3.12. The minimum atomic E-state index is -0.0380. The Labute approximate surface area is 191 Å². The summed E-state index contributed by atoms with van der Waals surface area (Å²) in [7, 11) is 1.63. The van der Waals surface area contributed by atoms with Crippen molar-refractivity contribution in [2.45, 2.75) is 6.54 Å². The normalized spacial score (nSPS) is 14.4. The van der Waals surface area contributed by atoms with Crippen LogP contribution in [0.2, 0.25) is 0 Å². The summed E-state index contributed by atoms with van der Waals surface area (Å²) in [6, 6.07) is 19.1. The van der Waals surface area contributed by atoms with E-state index in [0.717, 1.165) is 35.7 Å². The number of amides is 1. The van der Waals surface area contributed by atoms with Crippen LogP contribution in [-0.2, 0) is 6.54 Å². The van der Waals surface area contributed by atoms with E-state index < -0.39 is 0 Å². The summed E-state index contributed by atoms with van der Waals surface area (Å²) in [4.78, 5) is 21.5. The van der Waals surface area contributed by atoms with Crippen LogP contribution in [-0.4, -0.2) is 69.3 Å². The molecule has 0 aliphatic carbocycles. The number of aromatic nitrogens is 4. The zero-order chi connectivity index (χ0) is 22.6. The Bertz CT molecular complexity index is 1210. The number of carbonyl (C=O) groups excluding carboxylic acids is 1. The molecule has 0 spiro atoms. The van der Waals surface area contributed by atoms with Gasteiger partial charge in [0.05, 0.1) is 19.3 Å². The Balaban J connectivity index is 1.16. The molecule has 3 heterocycles. The molecule has 5 rings (SSSR count). The lowest BCUT2D eigenvalue weighted by Gasteiger charge is -2.33. The number of aromatic amines is 1. The first-order chi connectivity index (χ1) is 16.2. The fraction of sp³-hybridized carbons (Fsp3) is 0.250. The molecule has 1 saturated heterocycles. The topological polar surface area (TPSA) is 100 Å². The van der Waals surface area contributed by atoms with E-state index in [1.807, 2.05) is 65.6 Å². The largest absolute Gasteiger partial charge is 0.497 e. The van der Waals surface area contributed by atoms with Crippen LogP contribution in [0, 0.1) is 0 Å². The first-order valence-corrected chi connectivity index (χ1v) is 10.8. The predicted octanol–water partition coefficient (Wildman–Crippen LogP) is 3.09. The average Bonchev–Trinajstić information content (AvgIpc) is 3.55. The van der Waals surface area contributed by atoms with Gasteiger partial charge < -0.3 is 14.2 Å². The van der Waals surface area contributed by atoms with Gasteiger partial charge in [0.15, 0.2) is 0 Å². The molecular formula is C24H24N6O3. The number of benzene rings is 2. The number of H-pyrrole nitrogens is 1. The van der Waals surface area contributed by atoms with Gasteiger partial charge in [0.2, 0.25) is 11.7 Å². The van der Waals surface area contributed by atoms with Crippen molar-refractivity contribution in [1.82, 2.24) is 30.1 Å². The fourth-order valence-electron chi connectivity index (χ4n) is 3.84. The van der Waals surface area contributed by atoms with Crippen LogP contribution in [0.3, 0.4) is 0 Å². The average molecular weight is 444 g/mol. The van der Waals surface area contributed by atoms with Crippen LogP contribution in [0.15, 0.2) is 65.2 Å². The minimum absolute atomic E-state index is 0.0380. The molecule has 9 nitrogen and oxygen atoms in total. The lowest BCUT2D eigenvalue weighted by atomic mass is 10.1. The summed E-state index contributed by atoms with van der Waals surface area (Å²) in [5.74, 6) is 1.85. The van der Waals surface area contributed by atoms with Crippen molar-refractivity contribution in [2.75, 3.05) is 33.3 Å². The quantitative estimate of drug-likeness (QED) is 0.488.